The summed E-state index contributed by atoms with van der Waals surface area (Å²) in [5, 5.41) is 11.3. The van der Waals surface area contributed by atoms with Crippen LogP contribution in [-0.4, -0.2) is 87.3 Å². The van der Waals surface area contributed by atoms with Crippen LogP contribution in [0.1, 0.15) is 17.2 Å². The molecule has 2 aromatic carbocycles. The van der Waals surface area contributed by atoms with Gasteiger partial charge in [-0.15, -0.1) is 0 Å². The number of amides is 1. The van der Waals surface area contributed by atoms with Gasteiger partial charge in [0.1, 0.15) is 11.5 Å². The first-order valence-corrected chi connectivity index (χ1v) is 11.4. The van der Waals surface area contributed by atoms with Crippen molar-refractivity contribution in [2.24, 2.45) is 0 Å². The molecule has 186 valence electrons. The predicted molar refractivity (Wildman–Crippen MR) is 129 cm³/mol. The Labute approximate surface area is 204 Å². The molecule has 9 heteroatoms. The molecule has 9 nitrogen and oxygen atoms in total. The number of nitrogens with zero attached hydrogens (tertiary/aromatic N) is 2. The molecule has 2 saturated heterocycles. The van der Waals surface area contributed by atoms with Gasteiger partial charge in [-0.2, -0.15) is 0 Å². The fraction of sp³-hybridized carbons (Fsp3) is 0.385. The van der Waals surface area contributed by atoms with Crippen LogP contribution in [0.2, 0.25) is 0 Å². The van der Waals surface area contributed by atoms with E-state index in [0.717, 1.165) is 13.1 Å². The van der Waals surface area contributed by atoms with Crippen molar-refractivity contribution in [3.05, 3.63) is 59.2 Å². The molecule has 2 aliphatic rings. The van der Waals surface area contributed by atoms with Crippen LogP contribution in [0.15, 0.2) is 48.0 Å². The van der Waals surface area contributed by atoms with Gasteiger partial charge in [0.25, 0.3) is 11.7 Å². The molecule has 0 spiro atoms. The molecule has 4 rings (SSSR count). The van der Waals surface area contributed by atoms with E-state index in [9.17, 15) is 14.7 Å². The second-order valence-electron chi connectivity index (χ2n) is 8.29. The maximum Gasteiger partial charge on any atom is 0.295 e. The zero-order chi connectivity index (χ0) is 24.9. The Hall–Kier alpha value is -3.56. The highest BCUT2D eigenvalue weighted by Gasteiger charge is 2.46. The number of methoxy groups -OCH3 is 3. The van der Waals surface area contributed by atoms with Gasteiger partial charge in [-0.25, -0.2) is 0 Å². The van der Waals surface area contributed by atoms with Crippen LogP contribution in [0.4, 0.5) is 0 Å². The van der Waals surface area contributed by atoms with E-state index in [1.165, 1.54) is 19.1 Å². The number of carbonyl (C=O) groups excluding carboxylic acids is 2. The van der Waals surface area contributed by atoms with Crippen molar-refractivity contribution in [1.29, 1.82) is 0 Å². The van der Waals surface area contributed by atoms with Crippen molar-refractivity contribution < 1.29 is 33.6 Å². The molecule has 0 radical (unpaired) electrons. The molecular weight excluding hydrogens is 452 g/mol. The van der Waals surface area contributed by atoms with Crippen LogP contribution in [0.25, 0.3) is 5.76 Å². The second-order valence-corrected chi connectivity index (χ2v) is 8.29. The number of benzene rings is 2. The van der Waals surface area contributed by atoms with Crippen LogP contribution in [0.5, 0.6) is 17.2 Å². The topological polar surface area (TPSA) is 97.8 Å². The predicted octanol–water partition coefficient (Wildman–Crippen LogP) is 2.47. The highest BCUT2D eigenvalue weighted by Crippen LogP contribution is 2.41. The largest absolute Gasteiger partial charge is 0.507 e. The van der Waals surface area contributed by atoms with Gasteiger partial charge in [0.05, 0.1) is 46.2 Å². The number of Topliss-reactive ketones (excluding diaryl/α,β-unsaturated/α-hetero) is 1. The Bertz CT molecular complexity index is 1120. The molecule has 35 heavy (non-hydrogen) atoms. The third-order valence-corrected chi connectivity index (χ3v) is 6.37. The van der Waals surface area contributed by atoms with Crippen molar-refractivity contribution in [2.45, 2.75) is 6.04 Å². The molecule has 0 unspecified atom stereocenters. The van der Waals surface area contributed by atoms with Crippen LogP contribution in [0, 0.1) is 0 Å². The van der Waals surface area contributed by atoms with Gasteiger partial charge in [0.2, 0.25) is 0 Å². The standard InChI is InChI=1S/C26H30N2O7/c1-32-19-6-4-5-17(15-19)23-22(24(29)18-7-8-20(33-2)21(16-18)34-3)25(30)26(31)28(23)10-9-27-11-13-35-14-12-27/h4-8,15-16,23,29H,9-14H2,1-3H3/t23-/m0/s1. The number of aliphatic hydroxyl groups excluding tert-OH is 1. The number of carbonyl (C=O) groups is 2. The first-order valence-electron chi connectivity index (χ1n) is 11.4. The van der Waals surface area contributed by atoms with Crippen molar-refractivity contribution >= 4 is 17.4 Å². The zero-order valence-electron chi connectivity index (χ0n) is 20.2. The average Bonchev–Trinajstić information content (AvgIpc) is 3.16. The first kappa shape index (κ1) is 24.6. The van der Waals surface area contributed by atoms with Gasteiger partial charge in [-0.3, -0.25) is 14.5 Å². The Morgan fingerprint density at radius 1 is 0.971 bits per heavy atom. The summed E-state index contributed by atoms with van der Waals surface area (Å²) in [4.78, 5) is 30.2. The highest BCUT2D eigenvalue weighted by atomic mass is 16.5. The van der Waals surface area contributed by atoms with Crippen LogP contribution >= 0.6 is 0 Å². The highest BCUT2D eigenvalue weighted by molar-refractivity contribution is 6.46. The van der Waals surface area contributed by atoms with Gasteiger partial charge in [0.15, 0.2) is 11.5 Å². The number of rotatable bonds is 8. The second kappa shape index (κ2) is 10.8. The van der Waals surface area contributed by atoms with Gasteiger partial charge < -0.3 is 29.0 Å². The molecule has 2 heterocycles. The quantitative estimate of drug-likeness (QED) is 0.348. The molecule has 0 saturated carbocycles. The molecule has 1 N–H and O–H groups in total. The van der Waals surface area contributed by atoms with E-state index in [-0.39, 0.29) is 11.3 Å². The molecule has 1 atom stereocenters. The minimum atomic E-state index is -0.765. The Morgan fingerprint density at radius 3 is 2.40 bits per heavy atom. The smallest absolute Gasteiger partial charge is 0.295 e. The SMILES string of the molecule is COc1cccc([C@H]2C(=C(O)c3ccc(OC)c(OC)c3)C(=O)C(=O)N2CCN2CCOCC2)c1. The van der Waals surface area contributed by atoms with E-state index in [1.807, 2.05) is 6.07 Å². The summed E-state index contributed by atoms with van der Waals surface area (Å²) in [5.74, 6) is -0.172. The number of likely N-dealkylation sites (tertiary alicyclic amines) is 1. The summed E-state index contributed by atoms with van der Waals surface area (Å²) in [6, 6.07) is 11.3. The maximum absolute atomic E-state index is 13.3. The third-order valence-electron chi connectivity index (χ3n) is 6.37. The van der Waals surface area contributed by atoms with Crippen LogP contribution in [-0.2, 0) is 14.3 Å². The fourth-order valence-electron chi connectivity index (χ4n) is 4.48. The van der Waals surface area contributed by atoms with Crippen LogP contribution < -0.4 is 14.2 Å². The molecule has 2 fully saturated rings. The first-order chi connectivity index (χ1) is 17.0. The van der Waals surface area contributed by atoms with E-state index in [1.54, 1.807) is 43.5 Å². The van der Waals surface area contributed by atoms with E-state index >= 15 is 0 Å². The van der Waals surface area contributed by atoms with E-state index < -0.39 is 17.7 Å². The molecule has 2 aromatic rings. The van der Waals surface area contributed by atoms with Gasteiger partial charge in [-0.1, -0.05) is 12.1 Å². The molecular formula is C26H30N2O7. The number of aliphatic hydroxyl groups is 1. The zero-order valence-corrected chi connectivity index (χ0v) is 20.2. The third kappa shape index (κ3) is 4.96. The lowest BCUT2D eigenvalue weighted by Gasteiger charge is -2.31. The molecule has 0 bridgehead atoms. The molecule has 2 aliphatic heterocycles. The molecule has 0 aliphatic carbocycles. The summed E-state index contributed by atoms with van der Waals surface area (Å²) in [6.45, 7) is 3.72. The van der Waals surface area contributed by atoms with Crippen molar-refractivity contribution in [3.63, 3.8) is 0 Å². The fourth-order valence-corrected chi connectivity index (χ4v) is 4.48. The summed E-state index contributed by atoms with van der Waals surface area (Å²) in [5.41, 5.74) is 1.05. The number of ketones is 1. The summed E-state index contributed by atoms with van der Waals surface area (Å²) >= 11 is 0. The number of hydrogen-bond donors (Lipinski definition) is 1. The van der Waals surface area contributed by atoms with E-state index in [2.05, 4.69) is 4.90 Å². The summed E-state index contributed by atoms with van der Waals surface area (Å²) < 4.78 is 21.4. The number of morpholine rings is 1. The lowest BCUT2D eigenvalue weighted by Crippen LogP contribution is -2.42. The molecule has 0 aromatic heterocycles. The Morgan fingerprint density at radius 2 is 1.71 bits per heavy atom. The minimum absolute atomic E-state index is 0.0254. The summed E-state index contributed by atoms with van der Waals surface area (Å²) in [7, 11) is 4.56. The monoisotopic (exact) mass is 482 g/mol. The molecule has 1 amide bonds. The van der Waals surface area contributed by atoms with Crippen molar-refractivity contribution in [1.82, 2.24) is 9.80 Å². The Balaban J connectivity index is 1.77. The van der Waals surface area contributed by atoms with Crippen molar-refractivity contribution in [2.75, 3.05) is 60.7 Å². The van der Waals surface area contributed by atoms with Gasteiger partial charge in [0, 0.05) is 31.7 Å². The Kier molecular flexibility index (Phi) is 7.57. The van der Waals surface area contributed by atoms with E-state index in [0.29, 0.717) is 54.7 Å². The van der Waals surface area contributed by atoms with Crippen LogP contribution in [0.3, 0.4) is 0 Å². The lowest BCUT2D eigenvalue weighted by atomic mass is 9.95. The number of hydrogen-bond acceptors (Lipinski definition) is 8. The van der Waals surface area contributed by atoms with Crippen molar-refractivity contribution in [3.8, 4) is 17.2 Å². The average molecular weight is 483 g/mol. The minimum Gasteiger partial charge on any atom is -0.507 e. The van der Waals surface area contributed by atoms with Gasteiger partial charge in [-0.05, 0) is 35.9 Å². The maximum atomic E-state index is 13.3. The summed E-state index contributed by atoms with van der Waals surface area (Å²) in [6.07, 6.45) is 0. The van der Waals surface area contributed by atoms with Gasteiger partial charge >= 0.3 is 0 Å². The number of ether oxygens (including phenoxy) is 4. The van der Waals surface area contributed by atoms with E-state index in [4.69, 9.17) is 18.9 Å². The lowest BCUT2D eigenvalue weighted by molar-refractivity contribution is -0.140. The normalized spacial score (nSPS) is 20.2.